The third-order valence-corrected chi connectivity index (χ3v) is 6.99. The highest BCUT2D eigenvalue weighted by atomic mass is 35.5. The van der Waals surface area contributed by atoms with Crippen LogP contribution < -0.4 is 17.1 Å². The molecule has 0 atom stereocenters. The molecule has 178 valence electrons. The number of aromatic nitrogens is 2. The molecule has 0 saturated carbocycles. The molecule has 1 saturated heterocycles. The number of halogens is 3. The van der Waals surface area contributed by atoms with Gasteiger partial charge in [0.15, 0.2) is 11.2 Å². The molecule has 5 rings (SSSR count). The van der Waals surface area contributed by atoms with Gasteiger partial charge in [-0.2, -0.15) is 0 Å². The summed E-state index contributed by atoms with van der Waals surface area (Å²) in [6, 6.07) is 12.4. The number of fused-ring (bicyclic) bond motifs is 2. The van der Waals surface area contributed by atoms with Crippen molar-refractivity contribution in [3.8, 4) is 11.3 Å². The fourth-order valence-corrected chi connectivity index (χ4v) is 5.04. The largest absolute Gasteiger partial charge is 1.00 e. The van der Waals surface area contributed by atoms with Gasteiger partial charge in [0.25, 0.3) is 0 Å². The number of hydrogen-bond acceptors (Lipinski definition) is 4. The zero-order valence-corrected chi connectivity index (χ0v) is 21.3. The van der Waals surface area contributed by atoms with E-state index in [0.29, 0.717) is 17.4 Å². The second kappa shape index (κ2) is 11.2. The molecule has 1 fully saturated rings. The quantitative estimate of drug-likeness (QED) is 0.330. The smallest absolute Gasteiger partial charge is 0.352 e. The average Bonchev–Trinajstić information content (AvgIpc) is 3.01. The summed E-state index contributed by atoms with van der Waals surface area (Å²) in [6.07, 6.45) is 6.02. The zero-order chi connectivity index (χ0) is 21.4. The van der Waals surface area contributed by atoms with Gasteiger partial charge in [-0.1, -0.05) is 30.2 Å². The molecule has 1 aliphatic carbocycles. The highest BCUT2D eigenvalue weighted by Crippen LogP contribution is 2.31. The van der Waals surface area contributed by atoms with E-state index < -0.39 is 0 Å². The first kappa shape index (κ1) is 26.0. The summed E-state index contributed by atoms with van der Waals surface area (Å²) < 4.78 is 1.30. The van der Waals surface area contributed by atoms with Crippen molar-refractivity contribution in [2.75, 3.05) is 33.2 Å². The Hall–Kier alpha value is -1.63. The summed E-state index contributed by atoms with van der Waals surface area (Å²) in [5, 5.41) is 12.9. The third-order valence-electron chi connectivity index (χ3n) is 6.75. The fraction of sp³-hybridized carbons (Fsp3) is 0.440. The number of benzene rings is 2. The van der Waals surface area contributed by atoms with E-state index in [9.17, 15) is 5.21 Å². The van der Waals surface area contributed by atoms with Gasteiger partial charge in [0, 0.05) is 36.8 Å². The van der Waals surface area contributed by atoms with Crippen LogP contribution in [0.3, 0.4) is 0 Å². The minimum atomic E-state index is 0. The topological polar surface area (TPSA) is 43.5 Å². The third kappa shape index (κ3) is 5.55. The predicted molar refractivity (Wildman–Crippen MR) is 131 cm³/mol. The van der Waals surface area contributed by atoms with Crippen molar-refractivity contribution < 1.29 is 22.3 Å². The Morgan fingerprint density at radius 2 is 1.70 bits per heavy atom. The highest BCUT2D eigenvalue weighted by molar-refractivity contribution is 6.31. The van der Waals surface area contributed by atoms with Crippen molar-refractivity contribution in [1.82, 2.24) is 14.8 Å². The van der Waals surface area contributed by atoms with Crippen LogP contribution in [0, 0.1) is 0 Å². The summed E-state index contributed by atoms with van der Waals surface area (Å²) in [5.41, 5.74) is 5.52. The van der Waals surface area contributed by atoms with Crippen LogP contribution in [0.1, 0.15) is 36.2 Å². The van der Waals surface area contributed by atoms with Gasteiger partial charge < -0.3 is 22.5 Å². The van der Waals surface area contributed by atoms with Crippen LogP contribution in [-0.4, -0.2) is 53.2 Å². The molecule has 1 aromatic heterocycles. The molecule has 0 bridgehead atoms. The van der Waals surface area contributed by atoms with E-state index in [4.69, 9.17) is 16.6 Å². The Labute approximate surface area is 213 Å². The summed E-state index contributed by atoms with van der Waals surface area (Å²) in [6.45, 7) is 4.65. The molecule has 0 amide bonds. The van der Waals surface area contributed by atoms with Gasteiger partial charge in [-0.3, -0.25) is 4.90 Å². The molecule has 2 aliphatic rings. The van der Waals surface area contributed by atoms with E-state index in [2.05, 4.69) is 35.0 Å². The van der Waals surface area contributed by atoms with Crippen molar-refractivity contribution >= 4 is 34.9 Å². The monoisotopic (exact) mass is 508 g/mol. The maximum Gasteiger partial charge on any atom is 0.352 e. The minimum absolute atomic E-state index is 0. The molecule has 1 N–H and O–H groups in total. The van der Waals surface area contributed by atoms with Gasteiger partial charge in [-0.25, -0.2) is 0 Å². The van der Waals surface area contributed by atoms with Gasteiger partial charge in [-0.15, -0.1) is 12.4 Å². The lowest BCUT2D eigenvalue weighted by Crippen LogP contribution is -3.00. The summed E-state index contributed by atoms with van der Waals surface area (Å²) >= 11 is 6.34. The molecule has 8 heteroatoms. The summed E-state index contributed by atoms with van der Waals surface area (Å²) in [4.78, 5) is 9.51. The second-order valence-corrected chi connectivity index (χ2v) is 9.41. The molecular formula is C25H31Cl3N4O. The van der Waals surface area contributed by atoms with Crippen molar-refractivity contribution in [3.63, 3.8) is 0 Å². The number of likely N-dealkylation sites (N-methyl/N-ethyl adjacent to an activating group) is 1. The molecule has 0 radical (unpaired) electrons. The molecule has 5 nitrogen and oxygen atoms in total. The van der Waals surface area contributed by atoms with Crippen molar-refractivity contribution in [1.29, 1.82) is 0 Å². The van der Waals surface area contributed by atoms with Crippen LogP contribution in [-0.2, 0) is 19.4 Å². The number of nitrogens with zero attached hydrogens (tertiary/aromatic N) is 4. The van der Waals surface area contributed by atoms with Crippen molar-refractivity contribution in [3.05, 3.63) is 58.4 Å². The lowest BCUT2D eigenvalue weighted by atomic mass is 9.97. The fourth-order valence-electron chi connectivity index (χ4n) is 4.87. The molecule has 0 spiro atoms. The first-order valence-corrected chi connectivity index (χ1v) is 11.7. The highest BCUT2D eigenvalue weighted by Gasteiger charge is 2.27. The number of piperazine rings is 1. The van der Waals surface area contributed by atoms with Crippen molar-refractivity contribution in [2.24, 2.45) is 0 Å². The second-order valence-electron chi connectivity index (χ2n) is 8.97. The lowest BCUT2D eigenvalue weighted by Gasteiger charge is -2.31. The average molecular weight is 510 g/mol. The number of rotatable bonds is 3. The first-order chi connectivity index (χ1) is 15.1. The van der Waals surface area contributed by atoms with E-state index in [1.807, 2.05) is 18.2 Å². The van der Waals surface area contributed by atoms with Crippen LogP contribution in [0.5, 0.6) is 0 Å². The maximum absolute atomic E-state index is 11.3. The van der Waals surface area contributed by atoms with E-state index in [1.54, 1.807) is 0 Å². The zero-order valence-electron chi connectivity index (χ0n) is 18.9. The molecule has 2 heterocycles. The van der Waals surface area contributed by atoms with Gasteiger partial charge in [0.05, 0.1) is 5.39 Å². The van der Waals surface area contributed by atoms with Crippen LogP contribution >= 0.6 is 24.0 Å². The van der Waals surface area contributed by atoms with Gasteiger partial charge in [-0.05, 0) is 77.8 Å². The predicted octanol–water partition coefficient (Wildman–Crippen LogP) is 1.52. The van der Waals surface area contributed by atoms with Crippen LogP contribution in [0.15, 0.2) is 36.4 Å². The first-order valence-electron chi connectivity index (χ1n) is 11.3. The Morgan fingerprint density at radius 1 is 0.970 bits per heavy atom. The summed E-state index contributed by atoms with van der Waals surface area (Å²) in [5.74, 6) is 0.671. The SMILES string of the molecule is CN1CCN(Cc2nc3ccc(Cl)cc3c(-c3ccc4c(c3)CCCCC4)[n+]2O)CC1.Cl.[Cl-]. The van der Waals surface area contributed by atoms with Crippen LogP contribution in [0.25, 0.3) is 22.2 Å². The molecule has 2 aromatic carbocycles. The Balaban J connectivity index is 0.00000153. The van der Waals surface area contributed by atoms with E-state index >= 15 is 0 Å². The van der Waals surface area contributed by atoms with Crippen molar-refractivity contribution in [2.45, 2.75) is 38.6 Å². The number of aryl methyl sites for hydroxylation is 2. The minimum Gasteiger partial charge on any atom is -1.00 e. The Morgan fingerprint density at radius 3 is 2.45 bits per heavy atom. The van der Waals surface area contributed by atoms with Crippen LogP contribution in [0.2, 0.25) is 5.02 Å². The normalized spacial score (nSPS) is 17.0. The standard InChI is InChI=1S/C25H30ClN4O.2ClH/c1-28-11-13-29(14-12-28)17-24-27-23-10-9-21(26)16-22(23)25(30(24)31)20-8-7-18-5-3-2-4-6-19(18)15-20;;/h7-10,15-16,31H,2-6,11-14,17H2,1H3;2*1H/q+1;;/p-1. The Kier molecular flexibility index (Phi) is 8.82. The van der Waals surface area contributed by atoms with E-state index in [-0.39, 0.29) is 24.8 Å². The van der Waals surface area contributed by atoms with Gasteiger partial charge >= 0.3 is 5.82 Å². The Bertz CT molecular complexity index is 1120. The van der Waals surface area contributed by atoms with E-state index in [1.165, 1.54) is 35.1 Å². The molecule has 33 heavy (non-hydrogen) atoms. The molecule has 3 aromatic rings. The molecular weight excluding hydrogens is 479 g/mol. The number of hydrogen-bond donors (Lipinski definition) is 1. The van der Waals surface area contributed by atoms with Gasteiger partial charge in [0.2, 0.25) is 0 Å². The lowest BCUT2D eigenvalue weighted by molar-refractivity contribution is -0.902. The summed E-state index contributed by atoms with van der Waals surface area (Å²) in [7, 11) is 2.15. The van der Waals surface area contributed by atoms with Crippen LogP contribution in [0.4, 0.5) is 0 Å². The van der Waals surface area contributed by atoms with Gasteiger partial charge in [0.1, 0.15) is 6.54 Å². The van der Waals surface area contributed by atoms with E-state index in [0.717, 1.165) is 61.2 Å². The maximum atomic E-state index is 11.3. The molecule has 0 unspecified atom stereocenters. The molecule has 1 aliphatic heterocycles.